The lowest BCUT2D eigenvalue weighted by atomic mass is 10.1. The quantitative estimate of drug-likeness (QED) is 0.688. The van der Waals surface area contributed by atoms with Crippen LogP contribution < -0.4 is 10.1 Å². The molecule has 3 nitrogen and oxygen atoms in total. The van der Waals surface area contributed by atoms with Crippen LogP contribution >= 0.6 is 11.8 Å². The number of thioether (sulfide) groups is 1. The summed E-state index contributed by atoms with van der Waals surface area (Å²) in [7, 11) is 0. The van der Waals surface area contributed by atoms with Gasteiger partial charge in [0.05, 0.1) is 0 Å². The summed E-state index contributed by atoms with van der Waals surface area (Å²) >= 11 is 1.87. The number of nitrogens with one attached hydrogen (secondary N) is 1. The second kappa shape index (κ2) is 9.27. The molecule has 0 aliphatic rings. The molecule has 0 fully saturated rings. The zero-order valence-corrected chi connectivity index (χ0v) is 13.8. The van der Waals surface area contributed by atoms with E-state index in [9.17, 15) is 5.11 Å². The molecule has 1 rings (SSSR count). The maximum absolute atomic E-state index is 9.89. The summed E-state index contributed by atoms with van der Waals surface area (Å²) in [5.41, 5.74) is 2.33. The fourth-order valence-electron chi connectivity index (χ4n) is 1.90. The van der Waals surface area contributed by atoms with Crippen molar-refractivity contribution >= 4 is 11.8 Å². The maximum atomic E-state index is 9.89. The monoisotopic (exact) mass is 297 g/mol. The molecule has 0 amide bonds. The van der Waals surface area contributed by atoms with Crippen molar-refractivity contribution in [3.05, 3.63) is 29.3 Å². The second-order valence-corrected chi connectivity index (χ2v) is 6.55. The number of aliphatic hydroxyl groups is 1. The van der Waals surface area contributed by atoms with Crippen LogP contribution in [0.25, 0.3) is 0 Å². The Morgan fingerprint density at radius 1 is 1.35 bits per heavy atom. The Labute approximate surface area is 127 Å². The number of benzene rings is 1. The van der Waals surface area contributed by atoms with E-state index in [1.807, 2.05) is 30.8 Å². The first kappa shape index (κ1) is 17.3. The lowest BCUT2D eigenvalue weighted by Gasteiger charge is -2.15. The Morgan fingerprint density at radius 2 is 2.10 bits per heavy atom. The molecule has 0 aliphatic heterocycles. The van der Waals surface area contributed by atoms with Gasteiger partial charge in [-0.25, -0.2) is 0 Å². The van der Waals surface area contributed by atoms with Crippen molar-refractivity contribution in [1.29, 1.82) is 0 Å². The highest BCUT2D eigenvalue weighted by atomic mass is 32.2. The van der Waals surface area contributed by atoms with Gasteiger partial charge in [0.25, 0.3) is 0 Å². The number of hydrogen-bond acceptors (Lipinski definition) is 4. The molecule has 1 aromatic rings. The summed E-state index contributed by atoms with van der Waals surface area (Å²) in [6.07, 6.45) is 2.77. The Morgan fingerprint density at radius 3 is 2.75 bits per heavy atom. The van der Waals surface area contributed by atoms with Crippen molar-refractivity contribution in [2.75, 3.05) is 26.0 Å². The molecule has 0 aliphatic carbocycles. The minimum Gasteiger partial charge on any atom is -0.491 e. The van der Waals surface area contributed by atoms with E-state index >= 15 is 0 Å². The van der Waals surface area contributed by atoms with Gasteiger partial charge in [-0.15, -0.1) is 0 Å². The van der Waals surface area contributed by atoms with E-state index in [1.54, 1.807) is 0 Å². The first-order valence-corrected chi connectivity index (χ1v) is 8.43. The predicted octanol–water partition coefficient (Wildman–Crippen LogP) is 2.77. The second-order valence-electron chi connectivity index (χ2n) is 5.27. The Bertz CT molecular complexity index is 398. The van der Waals surface area contributed by atoms with Crippen molar-refractivity contribution in [1.82, 2.24) is 5.32 Å². The first-order chi connectivity index (χ1) is 9.52. The molecular formula is C16H27NO2S. The van der Waals surface area contributed by atoms with E-state index in [4.69, 9.17) is 4.74 Å². The third kappa shape index (κ3) is 6.64. The van der Waals surface area contributed by atoms with Gasteiger partial charge in [0, 0.05) is 11.8 Å². The molecule has 0 saturated heterocycles. The van der Waals surface area contributed by atoms with Gasteiger partial charge in [0.1, 0.15) is 18.5 Å². The standard InChI is InChI=1S/C16H27NO2S/c1-12-5-6-16(13(2)9-12)19-11-15(18)10-17-8-7-14(3)20-4/h5-6,9,14-15,17-18H,7-8,10-11H2,1-4H3. The highest BCUT2D eigenvalue weighted by Crippen LogP contribution is 2.18. The van der Waals surface area contributed by atoms with Crippen molar-refractivity contribution in [2.45, 2.75) is 38.5 Å². The SMILES string of the molecule is CSC(C)CCNCC(O)COc1ccc(C)cc1C. The maximum Gasteiger partial charge on any atom is 0.122 e. The first-order valence-electron chi connectivity index (χ1n) is 7.14. The van der Waals surface area contributed by atoms with Crippen molar-refractivity contribution in [3.8, 4) is 5.75 Å². The normalized spacial score (nSPS) is 14.1. The highest BCUT2D eigenvalue weighted by Gasteiger charge is 2.07. The Kier molecular flexibility index (Phi) is 8.04. The molecule has 2 unspecified atom stereocenters. The number of aryl methyl sites for hydroxylation is 2. The zero-order valence-electron chi connectivity index (χ0n) is 13.0. The fourth-order valence-corrected chi connectivity index (χ4v) is 2.25. The molecule has 20 heavy (non-hydrogen) atoms. The van der Waals surface area contributed by atoms with Gasteiger partial charge in [-0.3, -0.25) is 0 Å². The molecule has 114 valence electrons. The predicted molar refractivity (Wildman–Crippen MR) is 87.9 cm³/mol. The number of hydrogen-bond donors (Lipinski definition) is 2. The summed E-state index contributed by atoms with van der Waals surface area (Å²) in [5, 5.41) is 13.8. The lowest BCUT2D eigenvalue weighted by molar-refractivity contribution is 0.106. The molecule has 0 radical (unpaired) electrons. The molecular weight excluding hydrogens is 270 g/mol. The van der Waals surface area contributed by atoms with Gasteiger partial charge in [-0.05, 0) is 44.7 Å². The zero-order chi connectivity index (χ0) is 15.0. The van der Waals surface area contributed by atoms with Gasteiger partial charge >= 0.3 is 0 Å². The molecule has 2 N–H and O–H groups in total. The van der Waals surface area contributed by atoms with Crippen LogP contribution in [0.2, 0.25) is 0 Å². The molecule has 0 heterocycles. The summed E-state index contributed by atoms with van der Waals surface area (Å²) in [6.45, 7) is 8.14. The molecule has 0 aromatic heterocycles. The van der Waals surface area contributed by atoms with Gasteiger partial charge in [0.15, 0.2) is 0 Å². The minimum absolute atomic E-state index is 0.328. The molecule has 4 heteroatoms. The smallest absolute Gasteiger partial charge is 0.122 e. The van der Waals surface area contributed by atoms with E-state index < -0.39 is 6.10 Å². The van der Waals surface area contributed by atoms with Crippen LogP contribution in [0.15, 0.2) is 18.2 Å². The summed E-state index contributed by atoms with van der Waals surface area (Å²) in [4.78, 5) is 0. The summed E-state index contributed by atoms with van der Waals surface area (Å²) < 4.78 is 5.66. The molecule has 0 bridgehead atoms. The third-order valence-electron chi connectivity index (χ3n) is 3.27. The Hall–Kier alpha value is -0.710. The van der Waals surface area contributed by atoms with Gasteiger partial charge in [-0.2, -0.15) is 11.8 Å². The topological polar surface area (TPSA) is 41.5 Å². The van der Waals surface area contributed by atoms with E-state index in [1.165, 1.54) is 5.56 Å². The molecule has 0 spiro atoms. The molecule has 1 aromatic carbocycles. The molecule has 2 atom stereocenters. The van der Waals surface area contributed by atoms with Gasteiger partial charge < -0.3 is 15.2 Å². The lowest BCUT2D eigenvalue weighted by Crippen LogP contribution is -2.32. The largest absolute Gasteiger partial charge is 0.491 e. The van der Waals surface area contributed by atoms with E-state index in [0.717, 1.165) is 24.3 Å². The van der Waals surface area contributed by atoms with Crippen LogP contribution in [0.4, 0.5) is 0 Å². The van der Waals surface area contributed by atoms with E-state index in [0.29, 0.717) is 18.4 Å². The van der Waals surface area contributed by atoms with Crippen LogP contribution in [-0.2, 0) is 0 Å². The van der Waals surface area contributed by atoms with Crippen LogP contribution in [0.1, 0.15) is 24.5 Å². The average Bonchev–Trinajstić information content (AvgIpc) is 2.42. The fraction of sp³-hybridized carbons (Fsp3) is 0.625. The number of aliphatic hydroxyl groups excluding tert-OH is 1. The van der Waals surface area contributed by atoms with E-state index in [-0.39, 0.29) is 0 Å². The van der Waals surface area contributed by atoms with Crippen LogP contribution in [0.5, 0.6) is 5.75 Å². The highest BCUT2D eigenvalue weighted by molar-refractivity contribution is 7.99. The number of rotatable bonds is 9. The summed E-state index contributed by atoms with van der Waals surface area (Å²) in [6, 6.07) is 6.07. The number of ether oxygens (including phenoxy) is 1. The van der Waals surface area contributed by atoms with Crippen LogP contribution in [0.3, 0.4) is 0 Å². The summed E-state index contributed by atoms with van der Waals surface area (Å²) in [5.74, 6) is 0.852. The van der Waals surface area contributed by atoms with Crippen molar-refractivity contribution in [2.24, 2.45) is 0 Å². The van der Waals surface area contributed by atoms with Crippen LogP contribution in [0, 0.1) is 13.8 Å². The minimum atomic E-state index is -0.472. The van der Waals surface area contributed by atoms with Crippen LogP contribution in [-0.4, -0.2) is 42.4 Å². The Balaban J connectivity index is 2.21. The van der Waals surface area contributed by atoms with Crippen molar-refractivity contribution < 1.29 is 9.84 Å². The average molecular weight is 297 g/mol. The van der Waals surface area contributed by atoms with Gasteiger partial charge in [-0.1, -0.05) is 24.6 Å². The molecule has 0 saturated carbocycles. The van der Waals surface area contributed by atoms with Crippen molar-refractivity contribution in [3.63, 3.8) is 0 Å². The third-order valence-corrected chi connectivity index (χ3v) is 4.31. The van der Waals surface area contributed by atoms with E-state index in [2.05, 4.69) is 31.5 Å². The van der Waals surface area contributed by atoms with Gasteiger partial charge in [0.2, 0.25) is 0 Å².